The molecule has 0 aliphatic carbocycles. The number of esters is 3. The quantitative estimate of drug-likeness (QED) is 0.0343. The van der Waals surface area contributed by atoms with E-state index in [9.17, 15) is 14.4 Å². The smallest absolute Gasteiger partial charge is 0.306 e. The molecule has 0 aliphatic heterocycles. The number of carbonyl (C=O) groups excluding carboxylic acids is 3. The molecule has 0 radical (unpaired) electrons. The highest BCUT2D eigenvalue weighted by atomic mass is 16.6. The van der Waals surface area contributed by atoms with Gasteiger partial charge in [-0.15, -0.1) is 0 Å². The van der Waals surface area contributed by atoms with Crippen molar-refractivity contribution in [3.05, 3.63) is 0 Å². The number of unbranched alkanes of at least 4 members (excludes halogenated alkanes) is 42. The summed E-state index contributed by atoms with van der Waals surface area (Å²) in [6, 6.07) is 0. The van der Waals surface area contributed by atoms with Crippen LogP contribution in [0.5, 0.6) is 0 Å². The molecule has 0 rings (SSSR count). The van der Waals surface area contributed by atoms with Gasteiger partial charge in [0.25, 0.3) is 0 Å². The van der Waals surface area contributed by atoms with Crippen molar-refractivity contribution in [2.75, 3.05) is 13.2 Å². The van der Waals surface area contributed by atoms with Crippen molar-refractivity contribution in [1.82, 2.24) is 0 Å². The van der Waals surface area contributed by atoms with Crippen LogP contribution in [0.2, 0.25) is 0 Å². The van der Waals surface area contributed by atoms with E-state index in [2.05, 4.69) is 34.6 Å². The molecule has 0 spiro atoms. The van der Waals surface area contributed by atoms with E-state index in [0.717, 1.165) is 69.6 Å². The van der Waals surface area contributed by atoms with E-state index < -0.39 is 6.10 Å². The lowest BCUT2D eigenvalue weighted by atomic mass is 9.99. The van der Waals surface area contributed by atoms with Crippen LogP contribution < -0.4 is 0 Å². The van der Waals surface area contributed by atoms with Crippen molar-refractivity contribution in [3.8, 4) is 0 Å². The molecule has 0 aliphatic rings. The molecule has 0 saturated heterocycles. The topological polar surface area (TPSA) is 78.9 Å². The summed E-state index contributed by atoms with van der Waals surface area (Å²) in [5.74, 6) is 0.916. The van der Waals surface area contributed by atoms with Crippen LogP contribution in [0.25, 0.3) is 0 Å². The van der Waals surface area contributed by atoms with E-state index in [0.29, 0.717) is 19.3 Å². The molecular formula is C64H124O6. The normalized spacial score (nSPS) is 12.4. The summed E-state index contributed by atoms with van der Waals surface area (Å²) < 4.78 is 17.0. The molecular weight excluding hydrogens is 865 g/mol. The highest BCUT2D eigenvalue weighted by Crippen LogP contribution is 2.19. The maximum atomic E-state index is 12.9. The lowest BCUT2D eigenvalue weighted by Gasteiger charge is -2.18. The second-order valence-electron chi connectivity index (χ2n) is 22.8. The summed E-state index contributed by atoms with van der Waals surface area (Å²) in [4.78, 5) is 38.3. The molecule has 6 nitrogen and oxygen atoms in total. The average molecular weight is 990 g/mol. The molecule has 2 atom stereocenters. The first-order chi connectivity index (χ1) is 34.3. The Morgan fingerprint density at radius 1 is 0.300 bits per heavy atom. The molecule has 0 saturated carbocycles. The first-order valence-electron chi connectivity index (χ1n) is 31.8. The van der Waals surface area contributed by atoms with Crippen LogP contribution in [0.15, 0.2) is 0 Å². The SMILES string of the molecule is CCCCCCCCCCCCCCCCCC(=O)OC[C@H](COC(=O)CCCCCCCCCCCCCCCCCCC(C)C)OC(=O)CCCCCCCCCCCCCCCCC(C)CC. The van der Waals surface area contributed by atoms with Gasteiger partial charge in [-0.05, 0) is 31.1 Å². The molecule has 0 bridgehead atoms. The Kier molecular flexibility index (Phi) is 55.4. The lowest BCUT2D eigenvalue weighted by molar-refractivity contribution is -0.167. The molecule has 0 heterocycles. The zero-order valence-corrected chi connectivity index (χ0v) is 48.2. The minimum Gasteiger partial charge on any atom is -0.462 e. The van der Waals surface area contributed by atoms with Gasteiger partial charge in [0.15, 0.2) is 6.10 Å². The Balaban J connectivity index is 4.29. The van der Waals surface area contributed by atoms with Crippen LogP contribution >= 0.6 is 0 Å². The van der Waals surface area contributed by atoms with Crippen molar-refractivity contribution in [3.63, 3.8) is 0 Å². The average Bonchev–Trinajstić information content (AvgIpc) is 3.35. The first kappa shape index (κ1) is 68.4. The van der Waals surface area contributed by atoms with Crippen molar-refractivity contribution in [2.45, 2.75) is 368 Å². The van der Waals surface area contributed by atoms with E-state index in [1.54, 1.807) is 0 Å². The molecule has 70 heavy (non-hydrogen) atoms. The number of carbonyl (C=O) groups is 3. The van der Waals surface area contributed by atoms with Crippen molar-refractivity contribution >= 4 is 17.9 Å². The molecule has 0 amide bonds. The van der Waals surface area contributed by atoms with Crippen molar-refractivity contribution < 1.29 is 28.6 Å². The van der Waals surface area contributed by atoms with Crippen LogP contribution in [0.3, 0.4) is 0 Å². The van der Waals surface area contributed by atoms with Crippen LogP contribution in [0.4, 0.5) is 0 Å². The lowest BCUT2D eigenvalue weighted by Crippen LogP contribution is -2.30. The molecule has 416 valence electrons. The molecule has 0 fully saturated rings. The first-order valence-corrected chi connectivity index (χ1v) is 31.8. The number of rotatable bonds is 58. The third-order valence-corrected chi connectivity index (χ3v) is 15.1. The van der Waals surface area contributed by atoms with Gasteiger partial charge in [0, 0.05) is 19.3 Å². The molecule has 6 heteroatoms. The molecule has 0 aromatic heterocycles. The summed E-state index contributed by atoms with van der Waals surface area (Å²) in [5, 5.41) is 0. The van der Waals surface area contributed by atoms with Crippen LogP contribution in [0, 0.1) is 11.8 Å². The van der Waals surface area contributed by atoms with E-state index >= 15 is 0 Å². The molecule has 0 aromatic rings. The number of hydrogen-bond donors (Lipinski definition) is 0. The van der Waals surface area contributed by atoms with Gasteiger partial charge < -0.3 is 14.2 Å². The van der Waals surface area contributed by atoms with Crippen molar-refractivity contribution in [2.24, 2.45) is 11.8 Å². The number of ether oxygens (including phenoxy) is 3. The van der Waals surface area contributed by atoms with Crippen molar-refractivity contribution in [1.29, 1.82) is 0 Å². The Morgan fingerprint density at radius 3 is 0.814 bits per heavy atom. The Morgan fingerprint density at radius 2 is 0.543 bits per heavy atom. The van der Waals surface area contributed by atoms with Gasteiger partial charge in [0.05, 0.1) is 0 Å². The Bertz CT molecular complexity index is 1070. The zero-order chi connectivity index (χ0) is 51.1. The summed E-state index contributed by atoms with van der Waals surface area (Å²) in [5.41, 5.74) is 0. The van der Waals surface area contributed by atoms with Gasteiger partial charge in [-0.1, -0.05) is 324 Å². The maximum absolute atomic E-state index is 12.9. The van der Waals surface area contributed by atoms with Crippen LogP contribution in [0.1, 0.15) is 362 Å². The molecule has 0 N–H and O–H groups in total. The van der Waals surface area contributed by atoms with Crippen LogP contribution in [-0.4, -0.2) is 37.2 Å². The van der Waals surface area contributed by atoms with E-state index in [4.69, 9.17) is 14.2 Å². The monoisotopic (exact) mass is 989 g/mol. The summed E-state index contributed by atoms with van der Waals surface area (Å²) in [6.45, 7) is 11.5. The molecule has 1 unspecified atom stereocenters. The van der Waals surface area contributed by atoms with Gasteiger partial charge in [0.1, 0.15) is 13.2 Å². The maximum Gasteiger partial charge on any atom is 0.306 e. The minimum absolute atomic E-state index is 0.0618. The summed E-state index contributed by atoms with van der Waals surface area (Å²) >= 11 is 0. The summed E-state index contributed by atoms with van der Waals surface area (Å²) in [6.07, 6.45) is 62.3. The standard InChI is InChI=1S/C64H124O6/c1-6-8-9-10-11-12-13-14-17-24-29-34-39-44-49-54-62(65)68-57-61(70-64(67)56-51-46-41-36-31-26-21-20-23-28-33-38-43-48-53-60(5)7-2)58-69-63(66)55-50-45-40-35-30-25-19-16-15-18-22-27-32-37-42-47-52-59(3)4/h59-61H,6-58H2,1-5H3/t60?,61-/m1/s1. The third kappa shape index (κ3) is 55.7. The van der Waals surface area contributed by atoms with Gasteiger partial charge >= 0.3 is 17.9 Å². The van der Waals surface area contributed by atoms with Gasteiger partial charge in [-0.2, -0.15) is 0 Å². The predicted octanol–water partition coefficient (Wildman–Crippen LogP) is 21.2. The largest absolute Gasteiger partial charge is 0.462 e. The fourth-order valence-corrected chi connectivity index (χ4v) is 9.90. The van der Waals surface area contributed by atoms with E-state index in [1.165, 1.54) is 250 Å². The fraction of sp³-hybridized carbons (Fsp3) is 0.953. The number of hydrogen-bond acceptors (Lipinski definition) is 6. The Hall–Kier alpha value is -1.59. The minimum atomic E-state index is -0.763. The van der Waals surface area contributed by atoms with Gasteiger partial charge in [-0.3, -0.25) is 14.4 Å². The van der Waals surface area contributed by atoms with E-state index in [-0.39, 0.29) is 31.1 Å². The third-order valence-electron chi connectivity index (χ3n) is 15.1. The second kappa shape index (κ2) is 56.7. The van der Waals surface area contributed by atoms with Gasteiger partial charge in [0.2, 0.25) is 0 Å². The van der Waals surface area contributed by atoms with E-state index in [1.807, 2.05) is 0 Å². The summed E-state index contributed by atoms with van der Waals surface area (Å²) in [7, 11) is 0. The van der Waals surface area contributed by atoms with Crippen LogP contribution in [-0.2, 0) is 28.6 Å². The highest BCUT2D eigenvalue weighted by Gasteiger charge is 2.19. The molecule has 0 aromatic carbocycles. The fourth-order valence-electron chi connectivity index (χ4n) is 9.90. The Labute approximate surface area is 438 Å². The second-order valence-corrected chi connectivity index (χ2v) is 22.8. The predicted molar refractivity (Wildman–Crippen MR) is 303 cm³/mol. The highest BCUT2D eigenvalue weighted by molar-refractivity contribution is 5.71. The zero-order valence-electron chi connectivity index (χ0n) is 48.2. The van der Waals surface area contributed by atoms with Gasteiger partial charge in [-0.25, -0.2) is 0 Å².